The number of piperidine rings is 1. The Hall–Kier alpha value is -2.94. The summed E-state index contributed by atoms with van der Waals surface area (Å²) < 4.78 is 43.5. The van der Waals surface area contributed by atoms with Gasteiger partial charge in [-0.2, -0.15) is 0 Å². The monoisotopic (exact) mass is 470 g/mol. The van der Waals surface area contributed by atoms with Crippen LogP contribution in [0.5, 0.6) is 0 Å². The van der Waals surface area contributed by atoms with E-state index in [9.17, 15) is 13.2 Å². The highest BCUT2D eigenvalue weighted by Crippen LogP contribution is 2.38. The number of nitrogens with zero attached hydrogens (tertiary/aromatic N) is 5. The van der Waals surface area contributed by atoms with Gasteiger partial charge in [0.2, 0.25) is 0 Å². The number of anilines is 1. The highest BCUT2D eigenvalue weighted by molar-refractivity contribution is 5.66. The second kappa shape index (κ2) is 9.02. The summed E-state index contributed by atoms with van der Waals surface area (Å²) in [6, 6.07) is 5.51. The lowest BCUT2D eigenvalue weighted by molar-refractivity contribution is 0.146. The van der Waals surface area contributed by atoms with Crippen LogP contribution in [0.3, 0.4) is 0 Å². The molecule has 0 spiro atoms. The first-order chi connectivity index (χ1) is 16.3. The lowest BCUT2D eigenvalue weighted by Gasteiger charge is -2.31. The van der Waals surface area contributed by atoms with Crippen molar-refractivity contribution in [2.45, 2.75) is 51.6 Å². The fourth-order valence-corrected chi connectivity index (χ4v) is 5.12. The van der Waals surface area contributed by atoms with Crippen LogP contribution in [0.2, 0.25) is 0 Å². The Morgan fingerprint density at radius 1 is 1.12 bits per heavy atom. The zero-order valence-electron chi connectivity index (χ0n) is 19.7. The van der Waals surface area contributed by atoms with Crippen molar-refractivity contribution >= 4 is 5.82 Å². The summed E-state index contributed by atoms with van der Waals surface area (Å²) >= 11 is 0. The lowest BCUT2D eigenvalue weighted by atomic mass is 9.88. The van der Waals surface area contributed by atoms with Crippen LogP contribution >= 0.6 is 0 Å². The van der Waals surface area contributed by atoms with Crippen LogP contribution in [0.25, 0.3) is 11.4 Å². The van der Waals surface area contributed by atoms with Gasteiger partial charge in [0, 0.05) is 18.7 Å². The van der Waals surface area contributed by atoms with E-state index < -0.39 is 23.8 Å². The molecule has 4 heterocycles. The van der Waals surface area contributed by atoms with Crippen molar-refractivity contribution in [2.75, 3.05) is 32.0 Å². The maximum absolute atomic E-state index is 14.8. The van der Waals surface area contributed by atoms with Crippen molar-refractivity contribution in [2.24, 2.45) is 4.99 Å². The van der Waals surface area contributed by atoms with E-state index in [0.29, 0.717) is 17.2 Å². The Bertz CT molecular complexity index is 1250. The van der Waals surface area contributed by atoms with Gasteiger partial charge in [-0.25, -0.2) is 23.1 Å². The van der Waals surface area contributed by atoms with Crippen LogP contribution < -0.4 is 10.8 Å². The van der Waals surface area contributed by atoms with Gasteiger partial charge in [0.15, 0.2) is 5.49 Å². The first kappa shape index (κ1) is 22.8. The Labute approximate surface area is 196 Å². The summed E-state index contributed by atoms with van der Waals surface area (Å²) in [5, 5.41) is 3.54. The first-order valence-electron chi connectivity index (χ1n) is 11.8. The van der Waals surface area contributed by atoms with E-state index in [1.165, 1.54) is 17.7 Å². The molecule has 1 atom stereocenters. The van der Waals surface area contributed by atoms with Gasteiger partial charge in [-0.1, -0.05) is 18.2 Å². The number of fused-ring (bicyclic) bond motifs is 3. The summed E-state index contributed by atoms with van der Waals surface area (Å²) in [4.78, 5) is 16.4. The number of hydrogen-bond donors (Lipinski definition) is 1. The molecule has 5 rings (SSSR count). The minimum atomic E-state index is -2.88. The van der Waals surface area contributed by atoms with Crippen LogP contribution in [-0.4, -0.2) is 46.1 Å². The molecule has 1 N–H and O–H groups in total. The third kappa shape index (κ3) is 4.06. The molecule has 0 bridgehead atoms. The summed E-state index contributed by atoms with van der Waals surface area (Å²) in [6.45, 7) is 7.22. The third-order valence-corrected chi connectivity index (χ3v) is 6.96. The number of pyridine rings is 1. The van der Waals surface area contributed by atoms with Crippen molar-refractivity contribution in [1.82, 2.24) is 19.4 Å². The van der Waals surface area contributed by atoms with Crippen molar-refractivity contribution < 1.29 is 13.2 Å². The van der Waals surface area contributed by atoms with E-state index in [0.717, 1.165) is 62.3 Å². The van der Waals surface area contributed by atoms with Gasteiger partial charge in [0.1, 0.15) is 23.3 Å². The maximum atomic E-state index is 14.8. The molecule has 1 aromatic carbocycles. The van der Waals surface area contributed by atoms with E-state index in [4.69, 9.17) is 9.98 Å². The molecule has 0 amide bonds. The van der Waals surface area contributed by atoms with Gasteiger partial charge in [-0.3, -0.25) is 4.99 Å². The molecule has 4 aliphatic heterocycles. The predicted molar refractivity (Wildman–Crippen MR) is 125 cm³/mol. The van der Waals surface area contributed by atoms with Crippen molar-refractivity contribution in [3.63, 3.8) is 0 Å². The molecule has 34 heavy (non-hydrogen) atoms. The largest absolute Gasteiger partial charge is 0.369 e. The van der Waals surface area contributed by atoms with Gasteiger partial charge in [0.05, 0.1) is 17.2 Å². The number of rotatable bonds is 4. The average Bonchev–Trinajstić information content (AvgIpc) is 3.29. The lowest BCUT2D eigenvalue weighted by Crippen LogP contribution is -2.30. The average molecular weight is 471 g/mol. The van der Waals surface area contributed by atoms with Crippen molar-refractivity contribution in [3.05, 3.63) is 58.1 Å². The van der Waals surface area contributed by atoms with Crippen LogP contribution in [0.1, 0.15) is 60.7 Å². The predicted octanol–water partition coefficient (Wildman–Crippen LogP) is 4.66. The van der Waals surface area contributed by atoms with Gasteiger partial charge >= 0.3 is 0 Å². The fraction of sp³-hybridized carbons (Fsp3) is 0.480. The van der Waals surface area contributed by atoms with Gasteiger partial charge in [-0.15, -0.1) is 0 Å². The molecule has 1 aromatic rings. The van der Waals surface area contributed by atoms with E-state index in [1.54, 1.807) is 13.8 Å². The molecule has 0 radical (unpaired) electrons. The maximum Gasteiger partial charge on any atom is 0.266 e. The Morgan fingerprint density at radius 3 is 2.59 bits per heavy atom. The minimum Gasteiger partial charge on any atom is -0.369 e. The highest BCUT2D eigenvalue weighted by atomic mass is 19.3. The molecule has 1 fully saturated rings. The zero-order chi connectivity index (χ0) is 24.0. The molecule has 1 saturated heterocycles. The number of nitrogens with one attached hydrogen (secondary N) is 1. The molecule has 0 aliphatic carbocycles. The molecular formula is C25H29F3N6. The molecule has 1 unspecified atom stereocenters. The van der Waals surface area contributed by atoms with Crippen LogP contribution in [-0.2, 0) is 6.54 Å². The number of hydrogen-bond acceptors (Lipinski definition) is 5. The number of benzene rings is 1. The normalized spacial score (nSPS) is 18.5. The number of likely N-dealkylation sites (tertiary alicyclic amines) is 1. The standard InChI is InChI=1S/C25H29F3N6/c1-14(17-5-4-6-18(21(17)26)22(27)28)30-23-20-13-19(16-7-10-33(3)11-8-16)24-29-9-12-34(24)25(20)32-15(2)31-23/h4-6,13-14,16,22,29H,7-12H2,1-3H3. The summed E-state index contributed by atoms with van der Waals surface area (Å²) in [5.74, 6) is 1.97. The summed E-state index contributed by atoms with van der Waals surface area (Å²) in [7, 11) is 2.14. The topological polar surface area (TPSA) is 58.3 Å². The zero-order valence-corrected chi connectivity index (χ0v) is 19.7. The Balaban J connectivity index is 1.65. The van der Waals surface area contributed by atoms with Gasteiger partial charge in [0.25, 0.3) is 6.43 Å². The van der Waals surface area contributed by atoms with Gasteiger partial charge in [-0.05, 0) is 64.4 Å². The van der Waals surface area contributed by atoms with E-state index >= 15 is 0 Å². The molecule has 4 aliphatic rings. The first-order valence-corrected chi connectivity index (χ1v) is 11.8. The van der Waals surface area contributed by atoms with Crippen molar-refractivity contribution in [3.8, 4) is 11.4 Å². The molecule has 9 heteroatoms. The summed E-state index contributed by atoms with van der Waals surface area (Å²) in [5.41, 5.74) is 2.04. The van der Waals surface area contributed by atoms with Crippen LogP contribution in [0.15, 0.2) is 29.3 Å². The summed E-state index contributed by atoms with van der Waals surface area (Å²) in [6.07, 6.45) is -0.742. The second-order valence-corrected chi connectivity index (χ2v) is 9.29. The molecule has 0 aromatic heterocycles. The van der Waals surface area contributed by atoms with Crippen LogP contribution in [0, 0.1) is 12.7 Å². The quantitative estimate of drug-likeness (QED) is 0.602. The van der Waals surface area contributed by atoms with E-state index in [2.05, 4.69) is 32.9 Å². The molecule has 0 saturated carbocycles. The Morgan fingerprint density at radius 2 is 1.85 bits per heavy atom. The fourth-order valence-electron chi connectivity index (χ4n) is 5.12. The number of alkyl halides is 2. The Kier molecular flexibility index (Phi) is 6.06. The molecule has 180 valence electrons. The molecule has 6 nitrogen and oxygen atoms in total. The van der Waals surface area contributed by atoms with Crippen molar-refractivity contribution in [1.29, 1.82) is 0 Å². The van der Waals surface area contributed by atoms with E-state index in [1.807, 2.05) is 0 Å². The SMILES string of the molecule is Cc1nc2n3c(c(C4CCN(C)CC4)cc-2c(=NC(C)c2cccc(C(F)F)c2F)n1)NCC3. The highest BCUT2D eigenvalue weighted by Gasteiger charge is 2.29. The number of aryl methyl sites for hydroxylation is 1. The molecular weight excluding hydrogens is 441 g/mol. The number of aromatic nitrogens is 3. The smallest absolute Gasteiger partial charge is 0.266 e. The van der Waals surface area contributed by atoms with Gasteiger partial charge < -0.3 is 14.8 Å². The van der Waals surface area contributed by atoms with E-state index in [-0.39, 0.29) is 5.56 Å². The third-order valence-electron chi connectivity index (χ3n) is 6.96. The second-order valence-electron chi connectivity index (χ2n) is 9.29. The minimum absolute atomic E-state index is 0.133. The number of halogens is 3. The van der Waals surface area contributed by atoms with Crippen LogP contribution in [0.4, 0.5) is 19.0 Å².